The van der Waals surface area contributed by atoms with Gasteiger partial charge in [0.2, 0.25) is 0 Å². The summed E-state index contributed by atoms with van der Waals surface area (Å²) in [7, 11) is 0. The number of hydrogen-bond acceptors (Lipinski definition) is 1. The molecule has 0 fully saturated rings. The molecule has 1 aromatic heterocycles. The number of hydrogen-bond donors (Lipinski definition) is 0. The van der Waals surface area contributed by atoms with Crippen molar-refractivity contribution >= 4 is 49.6 Å². The first kappa shape index (κ1) is 35.2. The van der Waals surface area contributed by atoms with Gasteiger partial charge in [0.25, 0.3) is 0 Å². The van der Waals surface area contributed by atoms with Crippen LogP contribution in [0, 0.1) is 0 Å². The highest BCUT2D eigenvalue weighted by atomic mass is 15.1. The smallest absolute Gasteiger partial charge is 0.0561 e. The molecule has 0 N–H and O–H groups in total. The summed E-state index contributed by atoms with van der Waals surface area (Å²) in [5, 5.41) is 4.86. The van der Waals surface area contributed by atoms with Crippen molar-refractivity contribution < 1.29 is 0 Å². The average molecular weight is 765 g/mol. The Morgan fingerprint density at radius 2 is 0.750 bits per heavy atom. The molecule has 0 atom stereocenters. The van der Waals surface area contributed by atoms with Crippen LogP contribution in [0.1, 0.15) is 0 Å². The van der Waals surface area contributed by atoms with E-state index in [9.17, 15) is 0 Å². The Bertz CT molecular complexity index is 3270. The third-order valence-corrected chi connectivity index (χ3v) is 11.8. The quantitative estimate of drug-likeness (QED) is 0.150. The average Bonchev–Trinajstić information content (AvgIpc) is 3.66. The molecule has 282 valence electrons. The molecule has 0 aliphatic carbocycles. The van der Waals surface area contributed by atoms with Gasteiger partial charge in [-0.15, -0.1) is 0 Å². The van der Waals surface area contributed by atoms with Crippen molar-refractivity contribution in [2.45, 2.75) is 0 Å². The zero-order chi connectivity index (χ0) is 39.8. The molecule has 0 amide bonds. The van der Waals surface area contributed by atoms with Gasteiger partial charge in [0.05, 0.1) is 16.7 Å². The second kappa shape index (κ2) is 15.1. The first-order valence-corrected chi connectivity index (χ1v) is 20.6. The fraction of sp³-hybridized carbons (Fsp3) is 0. The summed E-state index contributed by atoms with van der Waals surface area (Å²) in [6, 6.07) is 87.8. The maximum atomic E-state index is 2.42. The first-order valence-electron chi connectivity index (χ1n) is 20.6. The molecule has 0 unspecified atom stereocenters. The summed E-state index contributed by atoms with van der Waals surface area (Å²) in [6.07, 6.45) is 0. The Kier molecular flexibility index (Phi) is 8.87. The number of anilines is 3. The summed E-state index contributed by atoms with van der Waals surface area (Å²) in [4.78, 5) is 2.41. The van der Waals surface area contributed by atoms with Crippen LogP contribution in [0.25, 0.3) is 82.8 Å². The SMILES string of the molecule is c1ccc(-c2ccc(-c3ccc(N(c4ccccc4)c4ccc5c6ccccc6n(-c6ccc(-c7ccccc7-c7ccccc7)cc6)c5c4)c4ccccc34)cc2)cc1. The third-order valence-electron chi connectivity index (χ3n) is 11.8. The van der Waals surface area contributed by atoms with E-state index in [2.05, 4.69) is 252 Å². The van der Waals surface area contributed by atoms with Crippen molar-refractivity contribution in [2.75, 3.05) is 4.90 Å². The van der Waals surface area contributed by atoms with Crippen molar-refractivity contribution in [3.8, 4) is 50.2 Å². The number of aromatic nitrogens is 1. The lowest BCUT2D eigenvalue weighted by molar-refractivity contribution is 1.18. The predicted octanol–water partition coefficient (Wildman–Crippen LogP) is 16.1. The summed E-state index contributed by atoms with van der Waals surface area (Å²) >= 11 is 0. The minimum atomic E-state index is 1.09. The maximum absolute atomic E-state index is 2.42. The zero-order valence-electron chi connectivity index (χ0n) is 33.0. The third kappa shape index (κ3) is 6.23. The summed E-state index contributed by atoms with van der Waals surface area (Å²) < 4.78 is 2.42. The van der Waals surface area contributed by atoms with Gasteiger partial charge < -0.3 is 9.47 Å². The van der Waals surface area contributed by atoms with Crippen LogP contribution in [0.3, 0.4) is 0 Å². The van der Waals surface area contributed by atoms with Crippen LogP contribution in [0.2, 0.25) is 0 Å². The van der Waals surface area contributed by atoms with Gasteiger partial charge in [0.15, 0.2) is 0 Å². The highest BCUT2D eigenvalue weighted by Gasteiger charge is 2.20. The molecule has 0 aliphatic rings. The largest absolute Gasteiger partial charge is 0.310 e. The molecule has 11 rings (SSSR count). The monoisotopic (exact) mass is 764 g/mol. The van der Waals surface area contributed by atoms with E-state index >= 15 is 0 Å². The van der Waals surface area contributed by atoms with Crippen LogP contribution in [-0.2, 0) is 0 Å². The van der Waals surface area contributed by atoms with E-state index in [0.717, 1.165) is 28.3 Å². The molecule has 2 heteroatoms. The number of benzene rings is 10. The predicted molar refractivity (Wildman–Crippen MR) is 255 cm³/mol. The fourth-order valence-electron chi connectivity index (χ4n) is 8.98. The first-order chi connectivity index (χ1) is 29.8. The van der Waals surface area contributed by atoms with Crippen molar-refractivity contribution in [1.82, 2.24) is 4.57 Å². The molecule has 60 heavy (non-hydrogen) atoms. The molecule has 2 nitrogen and oxygen atoms in total. The number of nitrogens with zero attached hydrogens (tertiary/aromatic N) is 2. The second-order valence-electron chi connectivity index (χ2n) is 15.3. The molecule has 0 saturated heterocycles. The highest BCUT2D eigenvalue weighted by molar-refractivity contribution is 6.11. The van der Waals surface area contributed by atoms with Crippen LogP contribution in [0.4, 0.5) is 17.1 Å². The van der Waals surface area contributed by atoms with Gasteiger partial charge >= 0.3 is 0 Å². The second-order valence-corrected chi connectivity index (χ2v) is 15.3. The lowest BCUT2D eigenvalue weighted by Gasteiger charge is -2.28. The topological polar surface area (TPSA) is 8.17 Å². The minimum Gasteiger partial charge on any atom is -0.310 e. The molecular weight excluding hydrogens is 725 g/mol. The Balaban J connectivity index is 1.04. The normalized spacial score (nSPS) is 11.3. The van der Waals surface area contributed by atoms with Crippen molar-refractivity contribution in [1.29, 1.82) is 0 Å². The lowest BCUT2D eigenvalue weighted by atomic mass is 9.94. The van der Waals surface area contributed by atoms with E-state index < -0.39 is 0 Å². The van der Waals surface area contributed by atoms with Crippen LogP contribution in [-0.4, -0.2) is 4.57 Å². The van der Waals surface area contributed by atoms with Gasteiger partial charge in [-0.3, -0.25) is 0 Å². The van der Waals surface area contributed by atoms with Crippen molar-refractivity contribution in [3.63, 3.8) is 0 Å². The Morgan fingerprint density at radius 1 is 0.267 bits per heavy atom. The summed E-state index contributed by atoms with van der Waals surface area (Å²) in [5.74, 6) is 0. The van der Waals surface area contributed by atoms with Crippen LogP contribution in [0.15, 0.2) is 243 Å². The van der Waals surface area contributed by atoms with Crippen molar-refractivity contribution in [2.24, 2.45) is 0 Å². The van der Waals surface area contributed by atoms with Crippen molar-refractivity contribution in [3.05, 3.63) is 243 Å². The van der Waals surface area contributed by atoms with E-state index in [1.165, 1.54) is 71.6 Å². The molecular formula is C58H40N2. The molecule has 11 aromatic rings. The molecule has 0 spiro atoms. The number of para-hydroxylation sites is 2. The molecule has 10 aromatic carbocycles. The summed E-state index contributed by atoms with van der Waals surface area (Å²) in [6.45, 7) is 0. The highest BCUT2D eigenvalue weighted by Crippen LogP contribution is 2.44. The van der Waals surface area contributed by atoms with Gasteiger partial charge in [0.1, 0.15) is 0 Å². The standard InChI is InChI=1S/C58H40N2/c1-4-16-41(17-5-1)42-28-30-44(31-29-42)51-38-39-57(53-25-13-12-24-52(51)53)59(46-20-8-3-9-21-46)48-36-37-55-54-26-14-15-27-56(54)60(58(55)40-48)47-34-32-45(33-35-47)50-23-11-10-22-49(50)43-18-6-2-7-19-43/h1-40H. The molecule has 0 bridgehead atoms. The van der Waals surface area contributed by atoms with Gasteiger partial charge in [0, 0.05) is 33.2 Å². The minimum absolute atomic E-state index is 1.09. The summed E-state index contributed by atoms with van der Waals surface area (Å²) in [5.41, 5.74) is 16.5. The number of rotatable bonds is 8. The van der Waals surface area contributed by atoms with Gasteiger partial charge in [-0.05, 0) is 98.4 Å². The van der Waals surface area contributed by atoms with E-state index in [4.69, 9.17) is 0 Å². The Morgan fingerprint density at radius 3 is 1.45 bits per heavy atom. The zero-order valence-corrected chi connectivity index (χ0v) is 33.0. The van der Waals surface area contributed by atoms with Crippen LogP contribution in [0.5, 0.6) is 0 Å². The van der Waals surface area contributed by atoms with E-state index in [-0.39, 0.29) is 0 Å². The molecule has 0 saturated carbocycles. The molecule has 1 heterocycles. The number of fused-ring (bicyclic) bond motifs is 4. The van der Waals surface area contributed by atoms with E-state index in [0.29, 0.717) is 0 Å². The van der Waals surface area contributed by atoms with E-state index in [1.807, 2.05) is 0 Å². The fourth-order valence-corrected chi connectivity index (χ4v) is 8.98. The Labute approximate surface area is 350 Å². The van der Waals surface area contributed by atoms with Gasteiger partial charge in [-0.2, -0.15) is 0 Å². The maximum Gasteiger partial charge on any atom is 0.0561 e. The Hall–Kier alpha value is -7.94. The lowest BCUT2D eigenvalue weighted by Crippen LogP contribution is -2.10. The van der Waals surface area contributed by atoms with Crippen LogP contribution < -0.4 is 4.90 Å². The van der Waals surface area contributed by atoms with Gasteiger partial charge in [-0.1, -0.05) is 194 Å². The molecule has 0 aliphatic heterocycles. The van der Waals surface area contributed by atoms with Gasteiger partial charge in [-0.25, -0.2) is 0 Å². The molecule has 0 radical (unpaired) electrons. The van der Waals surface area contributed by atoms with E-state index in [1.54, 1.807) is 0 Å². The van der Waals surface area contributed by atoms with Crippen LogP contribution >= 0.6 is 0 Å².